The molecule has 5 rings (SSSR count). The standard InChI is InChI=1S/C33H46O5/c1-21(10-15-31(36)37-20-23-8-6-5-7-9-23)27-13-14-28-26-12-11-24-18-25(38-22(2)34)16-17-32(24,3)29(26)19-30(35)33(27,28)4/h5-9,21,24-29H,10-20H2,1-4H3/t21-,24-,25-,26+,27-,28+,29+,32+,33-/m1/s1. The maximum absolute atomic E-state index is 14.0. The number of esters is 2. The van der Waals surface area contributed by atoms with Crippen LogP contribution in [0.5, 0.6) is 0 Å². The van der Waals surface area contributed by atoms with Crippen LogP contribution in [0.4, 0.5) is 0 Å². The highest BCUT2D eigenvalue weighted by Crippen LogP contribution is 2.67. The Hall–Kier alpha value is -2.17. The van der Waals surface area contributed by atoms with E-state index in [1.54, 1.807) is 0 Å². The second kappa shape index (κ2) is 10.8. The second-order valence-electron chi connectivity index (χ2n) is 13.4. The molecule has 4 saturated carbocycles. The van der Waals surface area contributed by atoms with Crippen LogP contribution in [0.2, 0.25) is 0 Å². The molecule has 208 valence electrons. The van der Waals surface area contributed by atoms with Crippen LogP contribution in [-0.2, 0) is 30.5 Å². The third kappa shape index (κ3) is 4.95. The molecule has 0 radical (unpaired) electrons. The van der Waals surface area contributed by atoms with Gasteiger partial charge in [-0.2, -0.15) is 0 Å². The van der Waals surface area contributed by atoms with E-state index in [1.807, 2.05) is 30.3 Å². The maximum atomic E-state index is 14.0. The summed E-state index contributed by atoms with van der Waals surface area (Å²) in [5.41, 5.74) is 0.904. The lowest BCUT2D eigenvalue weighted by Gasteiger charge is -2.60. The van der Waals surface area contributed by atoms with Gasteiger partial charge in [-0.05, 0) is 97.9 Å². The molecule has 38 heavy (non-hydrogen) atoms. The van der Waals surface area contributed by atoms with E-state index in [1.165, 1.54) is 19.8 Å². The molecule has 4 aliphatic rings. The maximum Gasteiger partial charge on any atom is 0.306 e. The van der Waals surface area contributed by atoms with Crippen molar-refractivity contribution in [1.82, 2.24) is 0 Å². The number of hydrogen-bond donors (Lipinski definition) is 0. The van der Waals surface area contributed by atoms with Gasteiger partial charge in [-0.3, -0.25) is 14.4 Å². The number of hydrogen-bond acceptors (Lipinski definition) is 5. The molecular formula is C33H46O5. The van der Waals surface area contributed by atoms with Gasteiger partial charge in [-0.25, -0.2) is 0 Å². The molecule has 9 atom stereocenters. The van der Waals surface area contributed by atoms with Crippen molar-refractivity contribution in [2.75, 3.05) is 0 Å². The first-order chi connectivity index (χ1) is 18.1. The van der Waals surface area contributed by atoms with Crippen LogP contribution < -0.4 is 0 Å². The summed E-state index contributed by atoms with van der Waals surface area (Å²) >= 11 is 0. The van der Waals surface area contributed by atoms with Crippen molar-refractivity contribution in [1.29, 1.82) is 0 Å². The van der Waals surface area contributed by atoms with Crippen molar-refractivity contribution in [3.05, 3.63) is 35.9 Å². The summed E-state index contributed by atoms with van der Waals surface area (Å²) in [5, 5.41) is 0. The van der Waals surface area contributed by atoms with E-state index in [0.29, 0.717) is 60.7 Å². The molecule has 0 spiro atoms. The molecule has 0 aliphatic heterocycles. The van der Waals surface area contributed by atoms with Crippen molar-refractivity contribution in [2.24, 2.45) is 46.3 Å². The average molecular weight is 523 g/mol. The molecule has 4 aliphatic carbocycles. The Kier molecular flexibility index (Phi) is 7.77. The molecule has 5 heteroatoms. The van der Waals surface area contributed by atoms with Crippen molar-refractivity contribution < 1.29 is 23.9 Å². The van der Waals surface area contributed by atoms with E-state index >= 15 is 0 Å². The lowest BCUT2D eigenvalue weighted by molar-refractivity contribution is -0.167. The Morgan fingerprint density at radius 2 is 1.79 bits per heavy atom. The topological polar surface area (TPSA) is 69.7 Å². The van der Waals surface area contributed by atoms with E-state index in [-0.39, 0.29) is 28.9 Å². The zero-order valence-corrected chi connectivity index (χ0v) is 23.7. The third-order valence-corrected chi connectivity index (χ3v) is 11.6. The van der Waals surface area contributed by atoms with Gasteiger partial charge < -0.3 is 9.47 Å². The Balaban J connectivity index is 1.21. The zero-order valence-electron chi connectivity index (χ0n) is 23.7. The SMILES string of the molecule is CC(=O)O[C@@H]1CC[C@@]2(C)[C@H](CC[C@@H]3[C@@H]2CC(=O)[C@]2(C)[C@@H]([C@H](C)CCC(=O)OCc4ccccc4)CC[C@@H]32)C1. The van der Waals surface area contributed by atoms with Gasteiger partial charge in [0.25, 0.3) is 0 Å². The van der Waals surface area contributed by atoms with Crippen molar-refractivity contribution in [3.63, 3.8) is 0 Å². The number of Topliss-reactive ketones (excluding diaryl/α,β-unsaturated/α-hetero) is 1. The average Bonchev–Trinajstić information content (AvgIpc) is 3.26. The van der Waals surface area contributed by atoms with Gasteiger partial charge in [0.15, 0.2) is 0 Å². The summed E-state index contributed by atoms with van der Waals surface area (Å²) in [6.45, 7) is 8.78. The monoisotopic (exact) mass is 522 g/mol. The van der Waals surface area contributed by atoms with Crippen LogP contribution in [-0.4, -0.2) is 23.8 Å². The highest BCUT2D eigenvalue weighted by molar-refractivity contribution is 5.87. The van der Waals surface area contributed by atoms with Crippen LogP contribution >= 0.6 is 0 Å². The molecule has 0 amide bonds. The van der Waals surface area contributed by atoms with Gasteiger partial charge in [0.05, 0.1) is 0 Å². The number of carbonyl (C=O) groups is 3. The van der Waals surface area contributed by atoms with E-state index in [9.17, 15) is 14.4 Å². The van der Waals surface area contributed by atoms with Crippen LogP contribution in [0.25, 0.3) is 0 Å². The van der Waals surface area contributed by atoms with Crippen LogP contribution in [0.1, 0.15) is 97.5 Å². The predicted octanol–water partition coefficient (Wildman–Crippen LogP) is 6.92. The van der Waals surface area contributed by atoms with Crippen molar-refractivity contribution in [3.8, 4) is 0 Å². The predicted molar refractivity (Wildman–Crippen MR) is 146 cm³/mol. The summed E-state index contributed by atoms with van der Waals surface area (Å²) in [7, 11) is 0. The molecule has 4 fully saturated rings. The van der Waals surface area contributed by atoms with E-state index in [0.717, 1.165) is 44.1 Å². The fraction of sp³-hybridized carbons (Fsp3) is 0.727. The first-order valence-corrected chi connectivity index (χ1v) is 15.0. The summed E-state index contributed by atoms with van der Waals surface area (Å²) in [4.78, 5) is 38.1. The highest BCUT2D eigenvalue weighted by Gasteiger charge is 2.64. The molecule has 1 aromatic rings. The molecule has 5 nitrogen and oxygen atoms in total. The number of fused-ring (bicyclic) bond motifs is 5. The van der Waals surface area contributed by atoms with Crippen molar-refractivity contribution >= 4 is 17.7 Å². The summed E-state index contributed by atoms with van der Waals surface area (Å²) < 4.78 is 11.1. The molecule has 0 bridgehead atoms. The van der Waals surface area contributed by atoms with Crippen LogP contribution in [0, 0.1) is 46.3 Å². The van der Waals surface area contributed by atoms with Crippen LogP contribution in [0.3, 0.4) is 0 Å². The minimum atomic E-state index is -0.271. The molecule has 0 N–H and O–H groups in total. The van der Waals surface area contributed by atoms with Crippen LogP contribution in [0.15, 0.2) is 30.3 Å². The Morgan fingerprint density at radius 1 is 1.03 bits per heavy atom. The number of rotatable bonds is 7. The Morgan fingerprint density at radius 3 is 2.53 bits per heavy atom. The molecule has 0 aromatic heterocycles. The van der Waals surface area contributed by atoms with E-state index in [4.69, 9.17) is 9.47 Å². The van der Waals surface area contributed by atoms with Gasteiger partial charge >= 0.3 is 11.9 Å². The third-order valence-electron chi connectivity index (χ3n) is 11.6. The second-order valence-corrected chi connectivity index (χ2v) is 13.4. The lowest BCUT2D eigenvalue weighted by atomic mass is 9.44. The van der Waals surface area contributed by atoms with Gasteiger partial charge in [-0.15, -0.1) is 0 Å². The molecule has 0 heterocycles. The fourth-order valence-electron chi connectivity index (χ4n) is 9.57. The lowest BCUT2D eigenvalue weighted by Crippen LogP contribution is -2.57. The van der Waals surface area contributed by atoms with Gasteiger partial charge in [0, 0.05) is 25.2 Å². The first kappa shape index (κ1) is 27.4. The summed E-state index contributed by atoms with van der Waals surface area (Å²) in [5.74, 6) is 2.86. The van der Waals surface area contributed by atoms with E-state index in [2.05, 4.69) is 20.8 Å². The van der Waals surface area contributed by atoms with E-state index < -0.39 is 0 Å². The minimum Gasteiger partial charge on any atom is -0.463 e. The highest BCUT2D eigenvalue weighted by atomic mass is 16.5. The molecule has 0 saturated heterocycles. The Bertz CT molecular complexity index is 1040. The smallest absolute Gasteiger partial charge is 0.306 e. The fourth-order valence-corrected chi connectivity index (χ4v) is 9.57. The first-order valence-electron chi connectivity index (χ1n) is 15.0. The summed E-state index contributed by atoms with van der Waals surface area (Å²) in [6, 6.07) is 9.80. The quantitative estimate of drug-likeness (QED) is 0.364. The molecule has 1 aromatic carbocycles. The summed E-state index contributed by atoms with van der Waals surface area (Å²) in [6.07, 6.45) is 9.46. The molecular weight excluding hydrogens is 476 g/mol. The minimum absolute atomic E-state index is 0.0442. The molecule has 0 unspecified atom stereocenters. The van der Waals surface area contributed by atoms with Gasteiger partial charge in [-0.1, -0.05) is 51.1 Å². The number of carbonyl (C=O) groups excluding carboxylic acids is 3. The van der Waals surface area contributed by atoms with Gasteiger partial charge in [0.1, 0.15) is 18.5 Å². The number of benzene rings is 1. The Labute approximate surface area is 228 Å². The van der Waals surface area contributed by atoms with Crippen molar-refractivity contribution in [2.45, 2.75) is 105 Å². The van der Waals surface area contributed by atoms with Gasteiger partial charge in [0.2, 0.25) is 0 Å². The largest absolute Gasteiger partial charge is 0.463 e. The number of ether oxygens (including phenoxy) is 2. The zero-order chi connectivity index (χ0) is 27.1. The normalized spacial score (nSPS) is 38.9. The number of ketones is 1.